The molecule has 1 aliphatic rings. The summed E-state index contributed by atoms with van der Waals surface area (Å²) < 4.78 is 11.1. The largest absolute Gasteiger partial charge is 0.485 e. The number of ether oxygens (including phenoxy) is 2. The summed E-state index contributed by atoms with van der Waals surface area (Å²) >= 11 is 0. The number of rotatable bonds is 2. The Hall–Kier alpha value is -3.02. The maximum absolute atomic E-state index is 12.1. The Balaban J connectivity index is 1.58. The van der Waals surface area contributed by atoms with Gasteiger partial charge in [-0.15, -0.1) is 0 Å². The van der Waals surface area contributed by atoms with Crippen LogP contribution in [0.1, 0.15) is 21.5 Å². The summed E-state index contributed by atoms with van der Waals surface area (Å²) in [5.74, 6) is 0.246. The highest BCUT2D eigenvalue weighted by atomic mass is 16.6. The van der Waals surface area contributed by atoms with E-state index in [4.69, 9.17) is 9.47 Å². The Morgan fingerprint density at radius 1 is 1.00 bits per heavy atom. The molecule has 0 saturated carbocycles. The third kappa shape index (κ3) is 3.32. The van der Waals surface area contributed by atoms with E-state index in [9.17, 15) is 9.59 Å². The SMILES string of the molecule is Cc1ccc(C(=O)NNC(=O)C2COc3ccccc3O2)cc1C. The van der Waals surface area contributed by atoms with E-state index in [1.165, 1.54) is 0 Å². The fraction of sp³-hybridized carbons (Fsp3) is 0.222. The van der Waals surface area contributed by atoms with Crippen molar-refractivity contribution in [3.8, 4) is 11.5 Å². The molecule has 1 unspecified atom stereocenters. The molecular weight excluding hydrogens is 308 g/mol. The Morgan fingerprint density at radius 3 is 2.50 bits per heavy atom. The van der Waals surface area contributed by atoms with E-state index < -0.39 is 12.0 Å². The highest BCUT2D eigenvalue weighted by Crippen LogP contribution is 2.30. The van der Waals surface area contributed by atoms with Gasteiger partial charge in [0.2, 0.25) is 6.10 Å². The monoisotopic (exact) mass is 326 g/mol. The minimum atomic E-state index is -0.819. The van der Waals surface area contributed by atoms with Crippen molar-refractivity contribution in [3.05, 3.63) is 59.2 Å². The van der Waals surface area contributed by atoms with Crippen molar-refractivity contribution in [2.24, 2.45) is 0 Å². The lowest BCUT2D eigenvalue weighted by molar-refractivity contribution is -0.131. The molecule has 24 heavy (non-hydrogen) atoms. The molecule has 2 aromatic carbocycles. The van der Waals surface area contributed by atoms with Crippen molar-refractivity contribution in [1.82, 2.24) is 10.9 Å². The summed E-state index contributed by atoms with van der Waals surface area (Å²) in [6.45, 7) is 3.98. The number of nitrogens with one attached hydrogen (secondary N) is 2. The average Bonchev–Trinajstić information content (AvgIpc) is 2.61. The van der Waals surface area contributed by atoms with Crippen LogP contribution in [0.3, 0.4) is 0 Å². The fourth-order valence-corrected chi connectivity index (χ4v) is 2.30. The molecule has 2 N–H and O–H groups in total. The minimum absolute atomic E-state index is 0.0857. The van der Waals surface area contributed by atoms with Crippen molar-refractivity contribution in [3.63, 3.8) is 0 Å². The van der Waals surface area contributed by atoms with Crippen LogP contribution in [0.2, 0.25) is 0 Å². The number of hydrazine groups is 1. The number of para-hydroxylation sites is 2. The van der Waals surface area contributed by atoms with Crippen LogP contribution in [-0.4, -0.2) is 24.5 Å². The molecule has 0 radical (unpaired) electrons. The number of aryl methyl sites for hydroxylation is 2. The van der Waals surface area contributed by atoms with E-state index in [2.05, 4.69) is 10.9 Å². The van der Waals surface area contributed by atoms with Crippen LogP contribution in [0.15, 0.2) is 42.5 Å². The van der Waals surface area contributed by atoms with Gasteiger partial charge in [-0.05, 0) is 49.2 Å². The van der Waals surface area contributed by atoms with Gasteiger partial charge in [0.05, 0.1) is 0 Å². The van der Waals surface area contributed by atoms with Gasteiger partial charge in [-0.1, -0.05) is 18.2 Å². The molecule has 0 saturated heterocycles. The van der Waals surface area contributed by atoms with Gasteiger partial charge in [-0.25, -0.2) is 0 Å². The summed E-state index contributed by atoms with van der Waals surface area (Å²) in [5.41, 5.74) is 7.35. The van der Waals surface area contributed by atoms with Crippen LogP contribution < -0.4 is 20.3 Å². The van der Waals surface area contributed by atoms with Crippen LogP contribution in [0.25, 0.3) is 0 Å². The predicted octanol–water partition coefficient (Wildman–Crippen LogP) is 1.90. The topological polar surface area (TPSA) is 76.7 Å². The Bertz CT molecular complexity index is 788. The van der Waals surface area contributed by atoms with Gasteiger partial charge in [0, 0.05) is 5.56 Å². The summed E-state index contributed by atoms with van der Waals surface area (Å²) in [5, 5.41) is 0. The van der Waals surface area contributed by atoms with Crippen molar-refractivity contribution in [2.45, 2.75) is 20.0 Å². The Kier molecular flexibility index (Phi) is 4.37. The van der Waals surface area contributed by atoms with Crippen LogP contribution in [0.4, 0.5) is 0 Å². The van der Waals surface area contributed by atoms with Crippen molar-refractivity contribution >= 4 is 11.8 Å². The first-order valence-electron chi connectivity index (χ1n) is 7.60. The zero-order chi connectivity index (χ0) is 17.1. The van der Waals surface area contributed by atoms with E-state index in [0.717, 1.165) is 11.1 Å². The van der Waals surface area contributed by atoms with Crippen LogP contribution in [-0.2, 0) is 4.79 Å². The third-order valence-electron chi connectivity index (χ3n) is 3.87. The molecule has 0 spiro atoms. The molecule has 6 heteroatoms. The molecule has 1 heterocycles. The summed E-state index contributed by atoms with van der Waals surface area (Å²) in [7, 11) is 0. The number of fused-ring (bicyclic) bond motifs is 1. The molecule has 6 nitrogen and oxygen atoms in total. The summed E-state index contributed by atoms with van der Waals surface area (Å²) in [4.78, 5) is 24.2. The maximum Gasteiger partial charge on any atom is 0.283 e. The van der Waals surface area contributed by atoms with Crippen LogP contribution in [0.5, 0.6) is 11.5 Å². The normalized spacial score (nSPS) is 15.5. The molecular formula is C18H18N2O4. The molecule has 0 fully saturated rings. The highest BCUT2D eigenvalue weighted by Gasteiger charge is 2.27. The molecule has 0 aromatic heterocycles. The summed E-state index contributed by atoms with van der Waals surface area (Å²) in [6, 6.07) is 12.5. The van der Waals surface area contributed by atoms with E-state index >= 15 is 0 Å². The standard InChI is InChI=1S/C18H18N2O4/c1-11-7-8-13(9-12(11)2)17(21)19-20-18(22)16-10-23-14-5-3-4-6-15(14)24-16/h3-9,16H,10H2,1-2H3,(H,19,21)(H,20,22). The molecule has 1 atom stereocenters. The molecule has 2 aromatic rings. The van der Waals surface area contributed by atoms with Gasteiger partial charge >= 0.3 is 0 Å². The maximum atomic E-state index is 12.1. The number of hydrogen-bond acceptors (Lipinski definition) is 4. The van der Waals surface area contributed by atoms with Crippen molar-refractivity contribution in [1.29, 1.82) is 0 Å². The summed E-state index contributed by atoms with van der Waals surface area (Å²) in [6.07, 6.45) is -0.819. The Labute approximate surface area is 139 Å². The Morgan fingerprint density at radius 2 is 1.75 bits per heavy atom. The smallest absolute Gasteiger partial charge is 0.283 e. The van der Waals surface area contributed by atoms with Crippen molar-refractivity contribution < 1.29 is 19.1 Å². The minimum Gasteiger partial charge on any atom is -0.485 e. The van der Waals surface area contributed by atoms with Gasteiger partial charge in [0.15, 0.2) is 11.5 Å². The second-order valence-corrected chi connectivity index (χ2v) is 5.61. The van der Waals surface area contributed by atoms with E-state index in [1.807, 2.05) is 26.0 Å². The van der Waals surface area contributed by atoms with Crippen LogP contribution >= 0.6 is 0 Å². The molecule has 0 aliphatic carbocycles. The first-order valence-corrected chi connectivity index (χ1v) is 7.60. The number of carbonyl (C=O) groups excluding carboxylic acids is 2. The number of amides is 2. The first kappa shape index (κ1) is 15.9. The second-order valence-electron chi connectivity index (χ2n) is 5.61. The second kappa shape index (κ2) is 6.62. The lowest BCUT2D eigenvalue weighted by Crippen LogP contribution is -2.50. The lowest BCUT2D eigenvalue weighted by atomic mass is 10.1. The molecule has 1 aliphatic heterocycles. The van der Waals surface area contributed by atoms with Gasteiger partial charge in [-0.3, -0.25) is 20.4 Å². The number of benzene rings is 2. The molecule has 3 rings (SSSR count). The first-order chi connectivity index (χ1) is 11.5. The third-order valence-corrected chi connectivity index (χ3v) is 3.87. The van der Waals surface area contributed by atoms with Gasteiger partial charge in [0.1, 0.15) is 6.61 Å². The lowest BCUT2D eigenvalue weighted by Gasteiger charge is -2.25. The quantitative estimate of drug-likeness (QED) is 0.827. The van der Waals surface area contributed by atoms with Crippen LogP contribution in [0, 0.1) is 13.8 Å². The molecule has 124 valence electrons. The van der Waals surface area contributed by atoms with E-state index in [1.54, 1.807) is 30.3 Å². The average molecular weight is 326 g/mol. The van der Waals surface area contributed by atoms with Gasteiger partial charge in [0.25, 0.3) is 11.8 Å². The zero-order valence-electron chi connectivity index (χ0n) is 13.5. The highest BCUT2D eigenvalue weighted by molar-refractivity contribution is 5.96. The predicted molar refractivity (Wildman–Crippen MR) is 87.9 cm³/mol. The number of carbonyl (C=O) groups is 2. The molecule has 0 bridgehead atoms. The fourth-order valence-electron chi connectivity index (χ4n) is 2.30. The number of hydrogen-bond donors (Lipinski definition) is 2. The molecule has 2 amide bonds. The van der Waals surface area contributed by atoms with Gasteiger partial charge in [-0.2, -0.15) is 0 Å². The zero-order valence-corrected chi connectivity index (χ0v) is 13.5. The van der Waals surface area contributed by atoms with Crippen molar-refractivity contribution in [2.75, 3.05) is 6.61 Å². The van der Waals surface area contributed by atoms with Gasteiger partial charge < -0.3 is 9.47 Å². The van der Waals surface area contributed by atoms with E-state index in [-0.39, 0.29) is 12.5 Å². The van der Waals surface area contributed by atoms with E-state index in [0.29, 0.717) is 17.1 Å².